The van der Waals surface area contributed by atoms with Crippen molar-refractivity contribution in [3.8, 4) is 0 Å². The van der Waals surface area contributed by atoms with E-state index in [2.05, 4.69) is 5.32 Å². The molecule has 0 saturated carbocycles. The Morgan fingerprint density at radius 3 is 2.32 bits per heavy atom. The second-order valence-electron chi connectivity index (χ2n) is 5.64. The lowest BCUT2D eigenvalue weighted by molar-refractivity contribution is -0.148. The van der Waals surface area contributed by atoms with Crippen LogP contribution in [0.3, 0.4) is 0 Å². The summed E-state index contributed by atoms with van der Waals surface area (Å²) < 4.78 is 27.4. The molecule has 1 atom stereocenters. The van der Waals surface area contributed by atoms with E-state index in [1.165, 1.54) is 37.3 Å². The third-order valence-corrected chi connectivity index (χ3v) is 5.14. The van der Waals surface area contributed by atoms with Gasteiger partial charge in [-0.25, -0.2) is 18.4 Å². The van der Waals surface area contributed by atoms with Gasteiger partial charge in [-0.2, -0.15) is 0 Å². The molecule has 1 amide bonds. The van der Waals surface area contributed by atoms with Gasteiger partial charge in [0.2, 0.25) is 10.0 Å². The largest absolute Gasteiger partial charge is 0.449 e. The summed E-state index contributed by atoms with van der Waals surface area (Å²) in [6.07, 6.45) is 1.55. The first-order chi connectivity index (χ1) is 13.1. The summed E-state index contributed by atoms with van der Waals surface area (Å²) in [5.74, 6) is -1.31. The number of carbonyl (C=O) groups is 2. The lowest BCUT2D eigenvalue weighted by Gasteiger charge is -2.12. The fraction of sp³-hybridized carbons (Fsp3) is 0.111. The molecule has 7 nitrogen and oxygen atoms in total. The molecule has 0 heterocycles. The van der Waals surface area contributed by atoms with Crippen LogP contribution in [-0.2, 0) is 24.3 Å². The molecule has 3 N–H and O–H groups in total. The van der Waals surface area contributed by atoms with Crippen molar-refractivity contribution in [2.24, 2.45) is 5.14 Å². The number of halogens is 2. The molecule has 2 rings (SSSR count). The highest BCUT2D eigenvalue weighted by atomic mass is 35.5. The number of anilines is 1. The Hall–Kier alpha value is -2.39. The predicted molar refractivity (Wildman–Crippen MR) is 107 cm³/mol. The van der Waals surface area contributed by atoms with Crippen molar-refractivity contribution in [1.82, 2.24) is 0 Å². The van der Waals surface area contributed by atoms with E-state index < -0.39 is 28.0 Å². The van der Waals surface area contributed by atoms with Crippen molar-refractivity contribution >= 4 is 56.9 Å². The molecular formula is C18H16Cl2N2O5S. The van der Waals surface area contributed by atoms with E-state index in [0.29, 0.717) is 21.3 Å². The van der Waals surface area contributed by atoms with Gasteiger partial charge in [-0.15, -0.1) is 0 Å². The molecule has 0 radical (unpaired) electrons. The van der Waals surface area contributed by atoms with Crippen molar-refractivity contribution in [3.05, 3.63) is 64.1 Å². The van der Waals surface area contributed by atoms with Gasteiger partial charge in [-0.1, -0.05) is 29.3 Å². The van der Waals surface area contributed by atoms with E-state index in [1.54, 1.807) is 18.2 Å². The summed E-state index contributed by atoms with van der Waals surface area (Å²) in [6, 6.07) is 10.1. The number of esters is 1. The zero-order chi connectivity index (χ0) is 20.9. The summed E-state index contributed by atoms with van der Waals surface area (Å²) in [4.78, 5) is 23.9. The van der Waals surface area contributed by atoms with Crippen LogP contribution in [-0.4, -0.2) is 26.4 Å². The summed E-state index contributed by atoms with van der Waals surface area (Å²) >= 11 is 11.7. The molecule has 0 aliphatic carbocycles. The van der Waals surface area contributed by atoms with Gasteiger partial charge in [0, 0.05) is 11.8 Å². The van der Waals surface area contributed by atoms with Crippen LogP contribution in [0.5, 0.6) is 0 Å². The SMILES string of the molecule is CC(OC(=O)/C=C/c1ccc(Cl)c(Cl)c1)C(=O)Nc1ccc(S(N)(=O)=O)cc1. The summed E-state index contributed by atoms with van der Waals surface area (Å²) in [5.41, 5.74) is 0.963. The van der Waals surface area contributed by atoms with E-state index in [1.807, 2.05) is 0 Å². The third kappa shape index (κ3) is 6.35. The first-order valence-electron chi connectivity index (χ1n) is 7.84. The number of carbonyl (C=O) groups excluding carboxylic acids is 2. The number of primary sulfonamides is 1. The van der Waals surface area contributed by atoms with Crippen LogP contribution >= 0.6 is 23.2 Å². The number of amides is 1. The molecule has 148 valence electrons. The van der Waals surface area contributed by atoms with Crippen molar-refractivity contribution in [3.63, 3.8) is 0 Å². The topological polar surface area (TPSA) is 116 Å². The average molecular weight is 443 g/mol. The number of hydrogen-bond acceptors (Lipinski definition) is 5. The molecule has 0 aromatic heterocycles. The van der Waals surface area contributed by atoms with E-state index in [4.69, 9.17) is 33.1 Å². The van der Waals surface area contributed by atoms with Crippen LogP contribution in [0.2, 0.25) is 10.0 Å². The van der Waals surface area contributed by atoms with E-state index in [-0.39, 0.29) is 4.90 Å². The molecule has 0 fully saturated rings. The smallest absolute Gasteiger partial charge is 0.331 e. The second kappa shape index (κ2) is 9.20. The Bertz CT molecular complexity index is 1020. The molecule has 1 unspecified atom stereocenters. The molecule has 0 aliphatic rings. The quantitative estimate of drug-likeness (QED) is 0.526. The van der Waals surface area contributed by atoms with E-state index in [9.17, 15) is 18.0 Å². The maximum absolute atomic E-state index is 12.1. The van der Waals surface area contributed by atoms with Crippen molar-refractivity contribution < 1.29 is 22.7 Å². The molecule has 0 spiro atoms. The predicted octanol–water partition coefficient (Wildman–Crippen LogP) is 3.22. The van der Waals surface area contributed by atoms with Crippen LogP contribution in [0.1, 0.15) is 12.5 Å². The molecule has 0 aliphatic heterocycles. The van der Waals surface area contributed by atoms with Gasteiger partial charge in [0.25, 0.3) is 5.91 Å². The zero-order valence-corrected chi connectivity index (χ0v) is 16.9. The Morgan fingerprint density at radius 1 is 1.11 bits per heavy atom. The normalized spacial score (nSPS) is 12.6. The molecule has 28 heavy (non-hydrogen) atoms. The summed E-state index contributed by atoms with van der Waals surface area (Å²) in [7, 11) is -3.82. The molecule has 2 aromatic rings. The summed E-state index contributed by atoms with van der Waals surface area (Å²) in [5, 5.41) is 8.25. The molecular weight excluding hydrogens is 427 g/mol. The van der Waals surface area contributed by atoms with E-state index in [0.717, 1.165) is 6.08 Å². The number of nitrogens with two attached hydrogens (primary N) is 1. The fourth-order valence-corrected chi connectivity index (χ4v) is 2.84. The number of rotatable bonds is 6. The maximum Gasteiger partial charge on any atom is 0.331 e. The number of nitrogens with one attached hydrogen (secondary N) is 1. The van der Waals surface area contributed by atoms with Crippen LogP contribution in [0, 0.1) is 0 Å². The van der Waals surface area contributed by atoms with Crippen LogP contribution in [0.25, 0.3) is 6.08 Å². The van der Waals surface area contributed by atoms with Gasteiger partial charge >= 0.3 is 5.97 Å². The zero-order valence-electron chi connectivity index (χ0n) is 14.6. The standard InChI is InChI=1S/C18H16Cl2N2O5S/c1-11(18(24)22-13-4-6-14(7-5-13)28(21,25)26)27-17(23)9-3-12-2-8-15(19)16(20)10-12/h2-11H,1H3,(H,22,24)(H2,21,25,26)/b9-3+. The number of sulfonamides is 1. The fourth-order valence-electron chi connectivity index (χ4n) is 2.02. The number of ether oxygens (including phenoxy) is 1. The average Bonchev–Trinajstić information content (AvgIpc) is 2.62. The lowest BCUT2D eigenvalue weighted by Crippen LogP contribution is -2.29. The Morgan fingerprint density at radius 2 is 1.75 bits per heavy atom. The Kier molecular flexibility index (Phi) is 7.20. The first kappa shape index (κ1) is 21.9. The van der Waals surface area contributed by atoms with Crippen LogP contribution in [0.15, 0.2) is 53.4 Å². The minimum Gasteiger partial charge on any atom is -0.449 e. The minimum atomic E-state index is -3.82. The molecule has 0 saturated heterocycles. The number of benzene rings is 2. The summed E-state index contributed by atoms with van der Waals surface area (Å²) in [6.45, 7) is 1.40. The Labute approximate surface area is 172 Å². The maximum atomic E-state index is 12.1. The molecule has 10 heteroatoms. The monoisotopic (exact) mass is 442 g/mol. The van der Waals surface area contributed by atoms with Crippen molar-refractivity contribution in [2.75, 3.05) is 5.32 Å². The third-order valence-electron chi connectivity index (χ3n) is 3.47. The van der Waals surface area contributed by atoms with Crippen molar-refractivity contribution in [2.45, 2.75) is 17.9 Å². The molecule has 0 bridgehead atoms. The Balaban J connectivity index is 1.93. The van der Waals surface area contributed by atoms with Crippen LogP contribution in [0.4, 0.5) is 5.69 Å². The lowest BCUT2D eigenvalue weighted by atomic mass is 10.2. The molecule has 2 aromatic carbocycles. The number of hydrogen-bond donors (Lipinski definition) is 2. The van der Waals surface area contributed by atoms with Gasteiger partial charge in [-0.3, -0.25) is 4.79 Å². The van der Waals surface area contributed by atoms with Gasteiger partial charge in [0.1, 0.15) is 0 Å². The van der Waals surface area contributed by atoms with Gasteiger partial charge in [-0.05, 0) is 55.0 Å². The second-order valence-corrected chi connectivity index (χ2v) is 8.02. The van der Waals surface area contributed by atoms with Crippen LogP contribution < -0.4 is 10.5 Å². The van der Waals surface area contributed by atoms with E-state index >= 15 is 0 Å². The highest BCUT2D eigenvalue weighted by Crippen LogP contribution is 2.23. The first-order valence-corrected chi connectivity index (χ1v) is 10.1. The minimum absolute atomic E-state index is 0.0857. The van der Waals surface area contributed by atoms with Gasteiger partial charge in [0.05, 0.1) is 14.9 Å². The van der Waals surface area contributed by atoms with Gasteiger partial charge < -0.3 is 10.1 Å². The van der Waals surface area contributed by atoms with Crippen molar-refractivity contribution in [1.29, 1.82) is 0 Å². The highest BCUT2D eigenvalue weighted by Gasteiger charge is 2.17. The van der Waals surface area contributed by atoms with Gasteiger partial charge in [0.15, 0.2) is 6.10 Å². The highest BCUT2D eigenvalue weighted by molar-refractivity contribution is 7.89.